The van der Waals surface area contributed by atoms with Crippen LogP contribution in [0.2, 0.25) is 0 Å². The normalized spacial score (nSPS) is 22.3. The minimum absolute atomic E-state index is 0.0722. The van der Waals surface area contributed by atoms with Gasteiger partial charge in [0.25, 0.3) is 0 Å². The molecule has 0 aliphatic carbocycles. The van der Waals surface area contributed by atoms with E-state index in [0.29, 0.717) is 18.7 Å². The highest BCUT2D eigenvalue weighted by Gasteiger charge is 2.41. The molecule has 2 heterocycles. The van der Waals surface area contributed by atoms with Crippen LogP contribution in [0.5, 0.6) is 0 Å². The number of anilines is 1. The molecule has 2 fully saturated rings. The third-order valence-corrected chi connectivity index (χ3v) is 7.77. The molecule has 0 radical (unpaired) electrons. The van der Waals surface area contributed by atoms with E-state index in [4.69, 9.17) is 0 Å². The van der Waals surface area contributed by atoms with Crippen LogP contribution >= 0.6 is 0 Å². The van der Waals surface area contributed by atoms with E-state index < -0.39 is 26.8 Å². The standard InChI is InChI=1S/C21H21FN2O4S/c22-16-6-8-17(9-7-16)24-13-15(12-20(24)25)21(26)23-11-10-19(14-23)29(27,28)18-4-2-1-3-5-18/h1-9,15,19H,10-14H2. The molecule has 152 valence electrons. The summed E-state index contributed by atoms with van der Waals surface area (Å²) in [7, 11) is -3.50. The first kappa shape index (κ1) is 19.6. The number of hydrogen-bond acceptors (Lipinski definition) is 4. The first-order valence-electron chi connectivity index (χ1n) is 9.50. The molecule has 0 aromatic heterocycles. The summed E-state index contributed by atoms with van der Waals surface area (Å²) in [6.07, 6.45) is 0.453. The molecule has 2 atom stereocenters. The summed E-state index contributed by atoms with van der Waals surface area (Å²) in [5.41, 5.74) is 0.553. The van der Waals surface area contributed by atoms with Crippen LogP contribution in [0.25, 0.3) is 0 Å². The van der Waals surface area contributed by atoms with Gasteiger partial charge in [-0.25, -0.2) is 12.8 Å². The maximum Gasteiger partial charge on any atom is 0.228 e. The zero-order chi connectivity index (χ0) is 20.6. The number of likely N-dealkylation sites (tertiary alicyclic amines) is 1. The maximum atomic E-state index is 13.1. The number of carbonyl (C=O) groups is 2. The van der Waals surface area contributed by atoms with Gasteiger partial charge >= 0.3 is 0 Å². The lowest BCUT2D eigenvalue weighted by molar-refractivity contribution is -0.134. The Morgan fingerprint density at radius 1 is 1.00 bits per heavy atom. The highest BCUT2D eigenvalue weighted by molar-refractivity contribution is 7.92. The average molecular weight is 416 g/mol. The van der Waals surface area contributed by atoms with Crippen LogP contribution in [0.1, 0.15) is 12.8 Å². The molecule has 0 N–H and O–H groups in total. The van der Waals surface area contributed by atoms with E-state index in [1.54, 1.807) is 35.2 Å². The summed E-state index contributed by atoms with van der Waals surface area (Å²) >= 11 is 0. The number of nitrogens with zero attached hydrogens (tertiary/aromatic N) is 2. The van der Waals surface area contributed by atoms with E-state index in [1.165, 1.54) is 29.2 Å². The molecule has 2 aliphatic rings. The fourth-order valence-electron chi connectivity index (χ4n) is 3.99. The molecular weight excluding hydrogens is 395 g/mol. The molecule has 2 unspecified atom stereocenters. The highest BCUT2D eigenvalue weighted by atomic mass is 32.2. The summed E-state index contributed by atoms with van der Waals surface area (Å²) < 4.78 is 38.7. The average Bonchev–Trinajstić information content (AvgIpc) is 3.36. The van der Waals surface area contributed by atoms with Crippen LogP contribution in [0.4, 0.5) is 10.1 Å². The van der Waals surface area contributed by atoms with Gasteiger partial charge < -0.3 is 9.80 Å². The molecule has 0 bridgehead atoms. The molecule has 2 aromatic rings. The van der Waals surface area contributed by atoms with Crippen LogP contribution in [0.3, 0.4) is 0 Å². The minimum atomic E-state index is -3.50. The number of halogens is 1. The van der Waals surface area contributed by atoms with Gasteiger partial charge in [0.15, 0.2) is 9.84 Å². The van der Waals surface area contributed by atoms with E-state index in [1.807, 2.05) is 0 Å². The molecule has 2 aliphatic heterocycles. The predicted octanol–water partition coefficient (Wildman–Crippen LogP) is 2.25. The van der Waals surface area contributed by atoms with E-state index >= 15 is 0 Å². The molecule has 6 nitrogen and oxygen atoms in total. The molecule has 0 spiro atoms. The smallest absolute Gasteiger partial charge is 0.228 e. The second-order valence-electron chi connectivity index (χ2n) is 7.43. The summed E-state index contributed by atoms with van der Waals surface area (Å²) in [6.45, 7) is 0.712. The fraction of sp³-hybridized carbons (Fsp3) is 0.333. The zero-order valence-electron chi connectivity index (χ0n) is 15.7. The van der Waals surface area contributed by atoms with Crippen molar-refractivity contribution in [2.45, 2.75) is 23.0 Å². The van der Waals surface area contributed by atoms with Crippen LogP contribution in [-0.4, -0.2) is 50.0 Å². The summed E-state index contributed by atoms with van der Waals surface area (Å²) in [4.78, 5) is 28.6. The third kappa shape index (κ3) is 3.76. The quantitative estimate of drug-likeness (QED) is 0.766. The Balaban J connectivity index is 1.43. The third-order valence-electron chi connectivity index (χ3n) is 5.58. The molecular formula is C21H21FN2O4S. The van der Waals surface area contributed by atoms with Crippen LogP contribution in [-0.2, 0) is 19.4 Å². The van der Waals surface area contributed by atoms with Crippen molar-refractivity contribution in [2.24, 2.45) is 5.92 Å². The van der Waals surface area contributed by atoms with Crippen LogP contribution < -0.4 is 4.90 Å². The lowest BCUT2D eigenvalue weighted by Gasteiger charge is -2.21. The second kappa shape index (κ2) is 7.59. The van der Waals surface area contributed by atoms with Gasteiger partial charge in [-0.05, 0) is 42.8 Å². The Bertz CT molecular complexity index is 1020. The van der Waals surface area contributed by atoms with Crippen molar-refractivity contribution < 1.29 is 22.4 Å². The number of hydrogen-bond donors (Lipinski definition) is 0. The van der Waals surface area contributed by atoms with E-state index in [9.17, 15) is 22.4 Å². The largest absolute Gasteiger partial charge is 0.341 e. The van der Waals surface area contributed by atoms with Gasteiger partial charge in [-0.2, -0.15) is 0 Å². The number of carbonyl (C=O) groups excluding carboxylic acids is 2. The van der Waals surface area contributed by atoms with Crippen molar-refractivity contribution in [1.82, 2.24) is 4.90 Å². The van der Waals surface area contributed by atoms with Gasteiger partial charge in [-0.15, -0.1) is 0 Å². The number of amides is 2. The lowest BCUT2D eigenvalue weighted by atomic mass is 10.1. The van der Waals surface area contributed by atoms with Gasteiger partial charge in [0, 0.05) is 31.7 Å². The van der Waals surface area contributed by atoms with Crippen molar-refractivity contribution in [3.8, 4) is 0 Å². The highest BCUT2D eigenvalue weighted by Crippen LogP contribution is 2.29. The lowest BCUT2D eigenvalue weighted by Crippen LogP contribution is -2.37. The van der Waals surface area contributed by atoms with Crippen molar-refractivity contribution in [2.75, 3.05) is 24.5 Å². The Morgan fingerprint density at radius 3 is 2.38 bits per heavy atom. The molecule has 2 aromatic carbocycles. The molecule has 8 heteroatoms. The Labute approximate surface area is 168 Å². The Kier molecular flexibility index (Phi) is 5.12. The van der Waals surface area contributed by atoms with Gasteiger partial charge in [0.1, 0.15) is 5.82 Å². The van der Waals surface area contributed by atoms with Crippen LogP contribution in [0, 0.1) is 11.7 Å². The van der Waals surface area contributed by atoms with Crippen molar-refractivity contribution in [3.63, 3.8) is 0 Å². The van der Waals surface area contributed by atoms with Gasteiger partial charge in [0.05, 0.1) is 16.1 Å². The summed E-state index contributed by atoms with van der Waals surface area (Å²) in [5, 5.41) is -0.640. The topological polar surface area (TPSA) is 74.8 Å². The summed E-state index contributed by atoms with van der Waals surface area (Å²) in [5.74, 6) is -1.31. The maximum absolute atomic E-state index is 13.1. The molecule has 0 saturated carbocycles. The molecule has 2 amide bonds. The monoisotopic (exact) mass is 416 g/mol. The summed E-state index contributed by atoms with van der Waals surface area (Å²) in [6, 6.07) is 13.8. The van der Waals surface area contributed by atoms with E-state index in [0.717, 1.165) is 0 Å². The molecule has 2 saturated heterocycles. The van der Waals surface area contributed by atoms with Gasteiger partial charge in [-0.3, -0.25) is 9.59 Å². The van der Waals surface area contributed by atoms with Crippen LogP contribution in [0.15, 0.2) is 59.5 Å². The Hall–Kier alpha value is -2.74. The van der Waals surface area contributed by atoms with Gasteiger partial charge in [-0.1, -0.05) is 18.2 Å². The second-order valence-corrected chi connectivity index (χ2v) is 9.66. The zero-order valence-corrected chi connectivity index (χ0v) is 16.5. The minimum Gasteiger partial charge on any atom is -0.341 e. The fourth-order valence-corrected chi connectivity index (χ4v) is 5.70. The predicted molar refractivity (Wildman–Crippen MR) is 105 cm³/mol. The van der Waals surface area contributed by atoms with Crippen molar-refractivity contribution in [3.05, 3.63) is 60.4 Å². The van der Waals surface area contributed by atoms with E-state index in [-0.39, 0.29) is 36.2 Å². The number of rotatable bonds is 4. The first-order chi connectivity index (χ1) is 13.9. The molecule has 29 heavy (non-hydrogen) atoms. The van der Waals surface area contributed by atoms with E-state index in [2.05, 4.69) is 0 Å². The number of sulfone groups is 1. The SMILES string of the molecule is O=C(C1CC(=O)N(c2ccc(F)cc2)C1)N1CCC(S(=O)(=O)c2ccccc2)C1. The number of benzene rings is 2. The Morgan fingerprint density at radius 2 is 1.69 bits per heavy atom. The first-order valence-corrected chi connectivity index (χ1v) is 11.0. The molecule has 4 rings (SSSR count). The van der Waals surface area contributed by atoms with Crippen molar-refractivity contribution in [1.29, 1.82) is 0 Å². The van der Waals surface area contributed by atoms with Gasteiger partial charge in [0.2, 0.25) is 11.8 Å². The van der Waals surface area contributed by atoms with Crippen molar-refractivity contribution >= 4 is 27.3 Å².